The molecule has 1 amide bonds. The maximum absolute atomic E-state index is 12.9. The van der Waals surface area contributed by atoms with Crippen LogP contribution in [0.2, 0.25) is 0 Å². The van der Waals surface area contributed by atoms with Crippen molar-refractivity contribution in [2.24, 2.45) is 0 Å². The monoisotopic (exact) mass is 543 g/mol. The molecule has 7 nitrogen and oxygen atoms in total. The smallest absolute Gasteiger partial charge is 0.407 e. The molecular formula is C25H26BrN3O4S. The van der Waals surface area contributed by atoms with E-state index >= 15 is 0 Å². The van der Waals surface area contributed by atoms with Crippen molar-refractivity contribution in [3.63, 3.8) is 0 Å². The summed E-state index contributed by atoms with van der Waals surface area (Å²) in [6.45, 7) is 2.08. The maximum Gasteiger partial charge on any atom is 0.407 e. The van der Waals surface area contributed by atoms with Crippen molar-refractivity contribution in [3.05, 3.63) is 74.6 Å². The summed E-state index contributed by atoms with van der Waals surface area (Å²) in [5, 5.41) is 5.25. The summed E-state index contributed by atoms with van der Waals surface area (Å²) in [7, 11) is 3.65. The summed E-state index contributed by atoms with van der Waals surface area (Å²) < 4.78 is 11.6. The number of alkyl carbamates (subject to hydrolysis) is 1. The zero-order chi connectivity index (χ0) is 24.2. The van der Waals surface area contributed by atoms with Crippen LogP contribution in [0.5, 0.6) is 0 Å². The Morgan fingerprint density at radius 1 is 1.09 bits per heavy atom. The van der Waals surface area contributed by atoms with Crippen LogP contribution in [0.1, 0.15) is 35.0 Å². The number of esters is 1. The lowest BCUT2D eigenvalue weighted by atomic mass is 9.98. The molecular weight excluding hydrogens is 518 g/mol. The molecule has 1 heterocycles. The zero-order valence-electron chi connectivity index (χ0n) is 19.2. The lowest BCUT2D eigenvalue weighted by molar-refractivity contribution is -0.147. The fourth-order valence-electron chi connectivity index (χ4n) is 4.33. The molecule has 1 aliphatic carbocycles. The number of nitrogens with zero attached hydrogens (tertiary/aromatic N) is 2. The molecule has 178 valence electrons. The molecule has 0 saturated heterocycles. The fraction of sp³-hybridized carbons (Fsp3) is 0.320. The number of carbonyl (C=O) groups is 2. The van der Waals surface area contributed by atoms with Crippen molar-refractivity contribution in [1.29, 1.82) is 0 Å². The van der Waals surface area contributed by atoms with Gasteiger partial charge in [0, 0.05) is 11.3 Å². The lowest BCUT2D eigenvalue weighted by Gasteiger charge is -2.29. The third-order valence-electron chi connectivity index (χ3n) is 5.78. The highest BCUT2D eigenvalue weighted by molar-refractivity contribution is 9.10. The topological polar surface area (TPSA) is 80.8 Å². The first-order chi connectivity index (χ1) is 16.4. The van der Waals surface area contributed by atoms with Crippen LogP contribution in [0.4, 0.5) is 4.79 Å². The van der Waals surface area contributed by atoms with Gasteiger partial charge in [0.05, 0.1) is 12.6 Å². The molecule has 1 N–H and O–H groups in total. The Bertz CT molecular complexity index is 1140. The summed E-state index contributed by atoms with van der Waals surface area (Å²) in [5.41, 5.74) is 4.55. The molecule has 0 radical (unpaired) electrons. The number of halogens is 1. The second-order valence-electron chi connectivity index (χ2n) is 8.12. The molecule has 0 aliphatic heterocycles. The Morgan fingerprint density at radius 2 is 1.71 bits per heavy atom. The van der Waals surface area contributed by atoms with E-state index in [4.69, 9.17) is 9.47 Å². The normalized spacial score (nSPS) is 14.3. The third-order valence-corrected chi connectivity index (χ3v) is 7.40. The van der Waals surface area contributed by atoms with E-state index in [0.717, 1.165) is 22.3 Å². The number of nitrogens with one attached hydrogen (secondary N) is 1. The quantitative estimate of drug-likeness (QED) is 0.403. The third kappa shape index (κ3) is 5.01. The molecule has 0 bridgehead atoms. The Labute approximate surface area is 211 Å². The van der Waals surface area contributed by atoms with E-state index in [9.17, 15) is 9.59 Å². The number of benzene rings is 2. The number of hydrogen-bond acceptors (Lipinski definition) is 7. The van der Waals surface area contributed by atoms with E-state index in [2.05, 4.69) is 50.5 Å². The van der Waals surface area contributed by atoms with Crippen LogP contribution in [0.3, 0.4) is 0 Å². The number of aromatic nitrogens is 1. The summed E-state index contributed by atoms with van der Waals surface area (Å²) in [4.78, 5) is 32.0. The van der Waals surface area contributed by atoms with Crippen LogP contribution in [0.15, 0.2) is 58.5 Å². The molecule has 2 aromatic carbocycles. The molecule has 1 aromatic heterocycles. The van der Waals surface area contributed by atoms with Crippen molar-refractivity contribution in [1.82, 2.24) is 15.2 Å². The van der Waals surface area contributed by atoms with Crippen molar-refractivity contribution in [3.8, 4) is 11.1 Å². The van der Waals surface area contributed by atoms with E-state index in [0.29, 0.717) is 9.61 Å². The van der Waals surface area contributed by atoms with Crippen LogP contribution >= 0.6 is 27.3 Å². The largest absolute Gasteiger partial charge is 0.464 e. The first-order valence-corrected chi connectivity index (χ1v) is 12.6. The second-order valence-corrected chi connectivity index (χ2v) is 9.82. The van der Waals surface area contributed by atoms with Gasteiger partial charge in [-0.25, -0.2) is 14.6 Å². The van der Waals surface area contributed by atoms with Crippen LogP contribution in [0, 0.1) is 0 Å². The zero-order valence-corrected chi connectivity index (χ0v) is 21.6. The highest BCUT2D eigenvalue weighted by atomic mass is 79.9. The summed E-state index contributed by atoms with van der Waals surface area (Å²) in [6, 6.07) is 14.8. The molecule has 2 atom stereocenters. The predicted octanol–water partition coefficient (Wildman–Crippen LogP) is 4.98. The number of likely N-dealkylation sites (N-methyl/N-ethyl adjacent to an activating group) is 1. The minimum Gasteiger partial charge on any atom is -0.464 e. The Kier molecular flexibility index (Phi) is 7.65. The van der Waals surface area contributed by atoms with Crippen molar-refractivity contribution in [2.45, 2.75) is 24.9 Å². The van der Waals surface area contributed by atoms with Gasteiger partial charge >= 0.3 is 12.1 Å². The van der Waals surface area contributed by atoms with Crippen LogP contribution in [-0.2, 0) is 14.3 Å². The summed E-state index contributed by atoms with van der Waals surface area (Å²) >= 11 is 4.75. The average molecular weight is 544 g/mol. The molecule has 3 aromatic rings. The van der Waals surface area contributed by atoms with Crippen molar-refractivity contribution < 1.29 is 19.1 Å². The Balaban J connectivity index is 1.52. The average Bonchev–Trinajstić information content (AvgIpc) is 3.38. The Hall–Kier alpha value is -2.75. The molecule has 1 aliphatic rings. The number of fused-ring (bicyclic) bond motifs is 3. The van der Waals surface area contributed by atoms with Crippen molar-refractivity contribution >= 4 is 39.3 Å². The highest BCUT2D eigenvalue weighted by Gasteiger charge is 2.37. The van der Waals surface area contributed by atoms with Gasteiger partial charge in [0.2, 0.25) is 0 Å². The van der Waals surface area contributed by atoms with Gasteiger partial charge in [-0.1, -0.05) is 48.5 Å². The minimum absolute atomic E-state index is 0.0706. The van der Waals surface area contributed by atoms with E-state index in [1.165, 1.54) is 11.3 Å². The number of carbonyl (C=O) groups excluding carboxylic acids is 2. The van der Waals surface area contributed by atoms with Crippen LogP contribution in [-0.4, -0.2) is 55.3 Å². The first kappa shape index (κ1) is 24.4. The predicted molar refractivity (Wildman–Crippen MR) is 135 cm³/mol. The molecule has 9 heteroatoms. The molecule has 0 saturated carbocycles. The minimum atomic E-state index is -0.983. The Morgan fingerprint density at radius 3 is 2.24 bits per heavy atom. The fourth-order valence-corrected chi connectivity index (χ4v) is 5.83. The summed E-state index contributed by atoms with van der Waals surface area (Å²) in [6.07, 6.45) is -0.678. The molecule has 4 rings (SSSR count). The van der Waals surface area contributed by atoms with Gasteiger partial charge in [-0.2, -0.15) is 0 Å². The maximum atomic E-state index is 12.9. The number of thiazole rings is 1. The van der Waals surface area contributed by atoms with Gasteiger partial charge in [-0.3, -0.25) is 4.90 Å². The van der Waals surface area contributed by atoms with Gasteiger partial charge < -0.3 is 14.8 Å². The summed E-state index contributed by atoms with van der Waals surface area (Å²) in [5.74, 6) is -0.611. The second kappa shape index (κ2) is 10.7. The molecule has 0 fully saturated rings. The number of rotatable bonds is 8. The SMILES string of the molecule is CCOC(=O)[C@@H](NC(=O)OCC1c2ccccc2-c2ccccc21)[C@@H](c1nc(Br)cs1)N(C)C. The number of ether oxygens (including phenoxy) is 2. The lowest BCUT2D eigenvalue weighted by Crippen LogP contribution is -2.50. The number of hydrogen-bond donors (Lipinski definition) is 1. The van der Waals surface area contributed by atoms with Gasteiger partial charge in [0.25, 0.3) is 0 Å². The van der Waals surface area contributed by atoms with Crippen LogP contribution in [0.25, 0.3) is 11.1 Å². The molecule has 34 heavy (non-hydrogen) atoms. The van der Waals surface area contributed by atoms with E-state index in [-0.39, 0.29) is 19.1 Å². The molecule has 0 spiro atoms. The van der Waals surface area contributed by atoms with E-state index in [1.807, 2.05) is 48.6 Å². The van der Waals surface area contributed by atoms with Crippen LogP contribution < -0.4 is 5.32 Å². The van der Waals surface area contributed by atoms with Crippen molar-refractivity contribution in [2.75, 3.05) is 27.3 Å². The van der Waals surface area contributed by atoms with E-state index < -0.39 is 24.1 Å². The van der Waals surface area contributed by atoms with E-state index in [1.54, 1.807) is 6.92 Å². The molecule has 0 unspecified atom stereocenters. The van der Waals surface area contributed by atoms with Gasteiger partial charge in [-0.15, -0.1) is 11.3 Å². The van der Waals surface area contributed by atoms with Gasteiger partial charge in [-0.05, 0) is 59.2 Å². The van der Waals surface area contributed by atoms with Gasteiger partial charge in [0.1, 0.15) is 16.2 Å². The first-order valence-electron chi connectivity index (χ1n) is 11.0. The number of amides is 1. The highest BCUT2D eigenvalue weighted by Crippen LogP contribution is 2.44. The standard InChI is InChI=1S/C25H26BrN3O4S/c1-4-32-24(30)21(22(29(2)3)23-27-20(26)14-34-23)28-25(31)33-13-19-17-11-7-5-9-15(17)16-10-6-8-12-18(16)19/h5-12,14,19,21-22H,4,13H2,1-3H3,(H,28,31)/t21-,22-/m0/s1. The van der Waals surface area contributed by atoms with Gasteiger partial charge in [0.15, 0.2) is 6.04 Å².